The molecule has 1 unspecified atom stereocenters. The molecule has 0 aromatic heterocycles. The Kier molecular flexibility index (Phi) is 4.59. The van der Waals surface area contributed by atoms with Crippen LogP contribution in [-0.2, 0) is 14.3 Å². The van der Waals surface area contributed by atoms with Gasteiger partial charge in [-0.05, 0) is 12.8 Å². The van der Waals surface area contributed by atoms with Crippen molar-refractivity contribution in [2.24, 2.45) is 5.92 Å². The zero-order valence-electron chi connectivity index (χ0n) is 9.49. The van der Waals surface area contributed by atoms with Crippen molar-refractivity contribution in [1.29, 1.82) is 0 Å². The second-order valence-corrected chi connectivity index (χ2v) is 3.87. The highest BCUT2D eigenvalue weighted by atomic mass is 16.5. The van der Waals surface area contributed by atoms with Crippen molar-refractivity contribution in [3.05, 3.63) is 0 Å². The minimum absolute atomic E-state index is 0.172. The normalized spacial score (nSPS) is 20.8. The predicted octanol–water partition coefficient (Wildman–Crippen LogP) is 1.20. The van der Waals surface area contributed by atoms with Crippen LogP contribution in [0.25, 0.3) is 0 Å². The minimum Gasteiger partial charge on any atom is -0.466 e. The molecule has 1 atom stereocenters. The van der Waals surface area contributed by atoms with E-state index in [1.54, 1.807) is 11.8 Å². The van der Waals surface area contributed by atoms with Gasteiger partial charge in [0.15, 0.2) is 0 Å². The number of rotatable bonds is 5. The van der Waals surface area contributed by atoms with E-state index in [0.717, 1.165) is 13.0 Å². The summed E-state index contributed by atoms with van der Waals surface area (Å²) in [7, 11) is 0. The maximum absolute atomic E-state index is 11.5. The first-order valence-electron chi connectivity index (χ1n) is 5.60. The molecule has 4 heteroatoms. The number of hydrogen-bond donors (Lipinski definition) is 0. The van der Waals surface area contributed by atoms with Gasteiger partial charge in [0, 0.05) is 19.5 Å². The summed E-state index contributed by atoms with van der Waals surface area (Å²) in [5, 5.41) is 0. The zero-order chi connectivity index (χ0) is 11.3. The van der Waals surface area contributed by atoms with E-state index in [-0.39, 0.29) is 11.9 Å². The summed E-state index contributed by atoms with van der Waals surface area (Å²) < 4.78 is 4.81. The van der Waals surface area contributed by atoms with E-state index in [1.165, 1.54) is 0 Å². The van der Waals surface area contributed by atoms with Gasteiger partial charge in [0.2, 0.25) is 5.91 Å². The van der Waals surface area contributed by atoms with Crippen molar-refractivity contribution < 1.29 is 14.3 Å². The molecule has 15 heavy (non-hydrogen) atoms. The van der Waals surface area contributed by atoms with E-state index in [4.69, 9.17) is 4.74 Å². The van der Waals surface area contributed by atoms with Crippen molar-refractivity contribution >= 4 is 11.9 Å². The lowest BCUT2D eigenvalue weighted by molar-refractivity contribution is -0.143. The van der Waals surface area contributed by atoms with Gasteiger partial charge in [-0.1, -0.05) is 13.3 Å². The van der Waals surface area contributed by atoms with Crippen LogP contribution in [0.3, 0.4) is 0 Å². The van der Waals surface area contributed by atoms with E-state index in [2.05, 4.69) is 6.92 Å². The molecular formula is C11H19NO3. The van der Waals surface area contributed by atoms with Crippen molar-refractivity contribution in [2.45, 2.75) is 33.1 Å². The van der Waals surface area contributed by atoms with Gasteiger partial charge in [-0.3, -0.25) is 9.59 Å². The number of amides is 1. The third-order valence-corrected chi connectivity index (χ3v) is 2.76. The van der Waals surface area contributed by atoms with Gasteiger partial charge in [-0.15, -0.1) is 0 Å². The summed E-state index contributed by atoms with van der Waals surface area (Å²) in [5.74, 6) is 0.427. The smallest absolute Gasteiger partial charge is 0.307 e. The molecular weight excluding hydrogens is 194 g/mol. The molecule has 1 aliphatic heterocycles. The molecule has 1 saturated heterocycles. The van der Waals surface area contributed by atoms with Gasteiger partial charge < -0.3 is 9.64 Å². The summed E-state index contributed by atoms with van der Waals surface area (Å²) in [4.78, 5) is 24.4. The predicted molar refractivity (Wildman–Crippen MR) is 56.2 cm³/mol. The third kappa shape index (κ3) is 3.53. The van der Waals surface area contributed by atoms with Crippen LogP contribution in [0.15, 0.2) is 0 Å². The molecule has 1 aliphatic rings. The Morgan fingerprint density at radius 1 is 1.53 bits per heavy atom. The van der Waals surface area contributed by atoms with Crippen molar-refractivity contribution in [2.75, 3.05) is 19.7 Å². The molecule has 4 nitrogen and oxygen atoms in total. The van der Waals surface area contributed by atoms with Crippen LogP contribution in [0.5, 0.6) is 0 Å². The fourth-order valence-corrected chi connectivity index (χ4v) is 1.80. The molecule has 0 aromatic rings. The summed E-state index contributed by atoms with van der Waals surface area (Å²) in [6.45, 7) is 5.59. The summed E-state index contributed by atoms with van der Waals surface area (Å²) >= 11 is 0. The van der Waals surface area contributed by atoms with Gasteiger partial charge in [0.05, 0.1) is 13.0 Å². The summed E-state index contributed by atoms with van der Waals surface area (Å²) in [5.41, 5.74) is 0. The lowest BCUT2D eigenvalue weighted by Gasteiger charge is -2.15. The molecule has 0 spiro atoms. The second kappa shape index (κ2) is 5.73. The van der Waals surface area contributed by atoms with E-state index in [9.17, 15) is 9.59 Å². The Morgan fingerprint density at radius 2 is 2.27 bits per heavy atom. The molecule has 0 N–H and O–H groups in total. The highest BCUT2D eigenvalue weighted by molar-refractivity contribution is 5.79. The van der Waals surface area contributed by atoms with Crippen LogP contribution in [0, 0.1) is 5.92 Å². The first kappa shape index (κ1) is 12.0. The molecule has 0 saturated carbocycles. The van der Waals surface area contributed by atoms with Gasteiger partial charge >= 0.3 is 5.97 Å². The van der Waals surface area contributed by atoms with Crippen LogP contribution in [-0.4, -0.2) is 36.5 Å². The number of carbonyl (C=O) groups is 2. The molecule has 0 aliphatic carbocycles. The van der Waals surface area contributed by atoms with Crippen molar-refractivity contribution in [1.82, 2.24) is 4.90 Å². The average Bonchev–Trinajstić information content (AvgIpc) is 2.57. The molecule has 1 amide bonds. The first-order chi connectivity index (χ1) is 7.17. The van der Waals surface area contributed by atoms with Crippen LogP contribution in [0.2, 0.25) is 0 Å². The first-order valence-corrected chi connectivity index (χ1v) is 5.60. The number of carbonyl (C=O) groups excluding carboxylic acids is 2. The summed E-state index contributed by atoms with van der Waals surface area (Å²) in [6.07, 6.45) is 1.98. The molecule has 1 fully saturated rings. The van der Waals surface area contributed by atoms with Crippen molar-refractivity contribution in [3.8, 4) is 0 Å². The average molecular weight is 213 g/mol. The van der Waals surface area contributed by atoms with Crippen LogP contribution >= 0.6 is 0 Å². The highest BCUT2D eigenvalue weighted by Crippen LogP contribution is 2.20. The fraction of sp³-hybridized carbons (Fsp3) is 0.818. The Balaban J connectivity index is 2.27. The Bertz CT molecular complexity index is 240. The van der Waals surface area contributed by atoms with Crippen LogP contribution < -0.4 is 0 Å². The highest BCUT2D eigenvalue weighted by Gasteiger charge is 2.28. The van der Waals surface area contributed by atoms with Gasteiger partial charge in [0.1, 0.15) is 0 Å². The lowest BCUT2D eigenvalue weighted by Crippen LogP contribution is -2.28. The Labute approximate surface area is 90.6 Å². The SMILES string of the molecule is CCOC(=O)CCN1CC(CC)CC1=O. The summed E-state index contributed by atoms with van der Waals surface area (Å²) in [6, 6.07) is 0. The largest absolute Gasteiger partial charge is 0.466 e. The minimum atomic E-state index is -0.217. The standard InChI is InChI=1S/C11H19NO3/c1-3-9-7-10(13)12(8-9)6-5-11(14)15-4-2/h9H,3-8H2,1-2H3. The molecule has 1 rings (SSSR count). The van der Waals surface area contributed by atoms with Crippen LogP contribution in [0.4, 0.5) is 0 Å². The number of nitrogens with zero attached hydrogens (tertiary/aromatic N) is 1. The van der Waals surface area contributed by atoms with Gasteiger partial charge in [-0.2, -0.15) is 0 Å². The Hall–Kier alpha value is -1.06. The quantitative estimate of drug-likeness (QED) is 0.645. The number of hydrogen-bond acceptors (Lipinski definition) is 3. The topological polar surface area (TPSA) is 46.6 Å². The zero-order valence-corrected chi connectivity index (χ0v) is 9.49. The number of esters is 1. The molecule has 86 valence electrons. The van der Waals surface area contributed by atoms with E-state index >= 15 is 0 Å². The molecule has 1 heterocycles. The number of ether oxygens (including phenoxy) is 1. The van der Waals surface area contributed by atoms with Crippen LogP contribution in [0.1, 0.15) is 33.1 Å². The number of likely N-dealkylation sites (tertiary alicyclic amines) is 1. The maximum atomic E-state index is 11.5. The molecule has 0 aromatic carbocycles. The van der Waals surface area contributed by atoms with Gasteiger partial charge in [0.25, 0.3) is 0 Å². The lowest BCUT2D eigenvalue weighted by atomic mass is 10.1. The second-order valence-electron chi connectivity index (χ2n) is 3.87. The monoisotopic (exact) mass is 213 g/mol. The van der Waals surface area contributed by atoms with E-state index in [0.29, 0.717) is 31.9 Å². The van der Waals surface area contributed by atoms with Crippen molar-refractivity contribution in [3.63, 3.8) is 0 Å². The van der Waals surface area contributed by atoms with Gasteiger partial charge in [-0.25, -0.2) is 0 Å². The fourth-order valence-electron chi connectivity index (χ4n) is 1.80. The maximum Gasteiger partial charge on any atom is 0.307 e. The Morgan fingerprint density at radius 3 is 2.80 bits per heavy atom. The van der Waals surface area contributed by atoms with E-state index in [1.807, 2.05) is 0 Å². The van der Waals surface area contributed by atoms with E-state index < -0.39 is 0 Å². The molecule has 0 radical (unpaired) electrons. The molecule has 0 bridgehead atoms. The third-order valence-electron chi connectivity index (χ3n) is 2.76.